The monoisotopic (exact) mass is 476 g/mol. The third kappa shape index (κ3) is 3.81. The van der Waals surface area contributed by atoms with Crippen LogP contribution in [0.25, 0.3) is 10.8 Å². The minimum atomic E-state index is -5.23. The molecule has 2 N–H and O–H groups in total. The van der Waals surface area contributed by atoms with Gasteiger partial charge in [0.2, 0.25) is 5.60 Å². The summed E-state index contributed by atoms with van der Waals surface area (Å²) in [4.78, 5) is 24.9. The van der Waals surface area contributed by atoms with Crippen molar-refractivity contribution in [3.8, 4) is 5.75 Å². The second-order valence-electron chi connectivity index (χ2n) is 8.53. The second kappa shape index (κ2) is 8.43. The maximum absolute atomic E-state index is 14.3. The number of aliphatic hydroxyl groups is 1. The van der Waals surface area contributed by atoms with Crippen molar-refractivity contribution in [3.63, 3.8) is 0 Å². The highest BCUT2D eigenvalue weighted by Gasteiger charge is 2.65. The predicted molar refractivity (Wildman–Crippen MR) is 118 cm³/mol. The Kier molecular flexibility index (Phi) is 5.89. The van der Waals surface area contributed by atoms with E-state index in [0.29, 0.717) is 22.4 Å². The van der Waals surface area contributed by atoms with E-state index >= 15 is 0 Å². The van der Waals surface area contributed by atoms with Gasteiger partial charge in [0, 0.05) is 17.0 Å². The van der Waals surface area contributed by atoms with E-state index in [1.165, 1.54) is 25.3 Å². The van der Waals surface area contributed by atoms with Gasteiger partial charge in [0.05, 0.1) is 18.2 Å². The lowest BCUT2D eigenvalue weighted by molar-refractivity contribution is -0.269. The zero-order chi connectivity index (χ0) is 24.8. The fourth-order valence-corrected chi connectivity index (χ4v) is 4.76. The number of halogens is 3. The van der Waals surface area contributed by atoms with Gasteiger partial charge in [-0.2, -0.15) is 13.2 Å². The number of ether oxygens (including phenoxy) is 1. The Labute approximate surface area is 192 Å². The molecule has 0 spiro atoms. The van der Waals surface area contributed by atoms with Gasteiger partial charge < -0.3 is 19.7 Å². The Morgan fingerprint density at radius 1 is 1.21 bits per heavy atom. The Hall–Kier alpha value is -3.40. The topological polar surface area (TPSA) is 102 Å². The van der Waals surface area contributed by atoms with Gasteiger partial charge in [0.1, 0.15) is 5.75 Å². The minimum Gasteiger partial charge on any atom is -0.497 e. The molecule has 1 aliphatic carbocycles. The van der Waals surface area contributed by atoms with Crippen LogP contribution in [0.2, 0.25) is 0 Å². The molecule has 180 valence electrons. The molecule has 1 aliphatic rings. The molecule has 0 radical (unpaired) electrons. The van der Waals surface area contributed by atoms with Crippen LogP contribution in [-0.4, -0.2) is 35.1 Å². The molecule has 2 aromatic carbocycles. The standard InChI is InChI=1S/C24H23F3N2O5/c1-12-17-8-6-16(33-3)10-14(17)4-9-20(12)23(32,24(25,26)27)22(31)28-15-5-7-18-19(11-15)13(2)29-34-21(18)30/h5-8,10-12,20,32H,4,9H2,1-3H3,(H,28,31)/t12?,20?,23-/m1/s1. The van der Waals surface area contributed by atoms with Crippen LogP contribution in [0.4, 0.5) is 18.9 Å². The van der Waals surface area contributed by atoms with Crippen molar-refractivity contribution >= 4 is 22.4 Å². The lowest BCUT2D eigenvalue weighted by atomic mass is 9.67. The number of hydrogen-bond acceptors (Lipinski definition) is 6. The van der Waals surface area contributed by atoms with Crippen molar-refractivity contribution in [1.29, 1.82) is 0 Å². The van der Waals surface area contributed by atoms with Crippen molar-refractivity contribution in [2.75, 3.05) is 12.4 Å². The first-order valence-electron chi connectivity index (χ1n) is 10.6. The van der Waals surface area contributed by atoms with Crippen LogP contribution in [0, 0.1) is 12.8 Å². The summed E-state index contributed by atoms with van der Waals surface area (Å²) in [5.41, 5.74) is -2.58. The number of alkyl halides is 3. The third-order valence-corrected chi connectivity index (χ3v) is 6.64. The first kappa shape index (κ1) is 23.7. The highest BCUT2D eigenvalue weighted by atomic mass is 19.4. The van der Waals surface area contributed by atoms with Gasteiger partial charge in [-0.15, -0.1) is 0 Å². The van der Waals surface area contributed by atoms with Gasteiger partial charge in [-0.3, -0.25) is 4.79 Å². The van der Waals surface area contributed by atoms with E-state index in [9.17, 15) is 27.9 Å². The Morgan fingerprint density at radius 2 is 1.94 bits per heavy atom. The SMILES string of the molecule is COc1ccc2c(c1)CCC([C@@](O)(C(=O)Nc1ccc3c(=O)onc(C)c3c1)C(F)(F)F)C2C. The number of amides is 1. The molecule has 0 bridgehead atoms. The fraction of sp³-hybridized carbons (Fsp3) is 0.375. The molecule has 0 aliphatic heterocycles. The zero-order valence-electron chi connectivity index (χ0n) is 18.7. The van der Waals surface area contributed by atoms with Gasteiger partial charge in [-0.05, 0) is 67.1 Å². The third-order valence-electron chi connectivity index (χ3n) is 6.64. The van der Waals surface area contributed by atoms with Gasteiger partial charge in [0.15, 0.2) is 0 Å². The molecular formula is C24H23F3N2O5. The predicted octanol–water partition coefficient (Wildman–Crippen LogP) is 4.10. The largest absolute Gasteiger partial charge is 0.497 e. The number of hydrogen-bond donors (Lipinski definition) is 2. The van der Waals surface area contributed by atoms with Crippen LogP contribution in [0.3, 0.4) is 0 Å². The van der Waals surface area contributed by atoms with Gasteiger partial charge in [-0.1, -0.05) is 18.1 Å². The second-order valence-corrected chi connectivity index (χ2v) is 8.53. The normalized spacial score (nSPS) is 19.9. The van der Waals surface area contributed by atoms with E-state index in [0.717, 1.165) is 5.56 Å². The Morgan fingerprint density at radius 3 is 2.62 bits per heavy atom. The lowest BCUT2D eigenvalue weighted by Crippen LogP contribution is -2.61. The van der Waals surface area contributed by atoms with Gasteiger partial charge in [-0.25, -0.2) is 4.79 Å². The number of anilines is 1. The van der Waals surface area contributed by atoms with E-state index in [-0.39, 0.29) is 23.9 Å². The summed E-state index contributed by atoms with van der Waals surface area (Å²) >= 11 is 0. The Balaban J connectivity index is 1.70. The summed E-state index contributed by atoms with van der Waals surface area (Å²) in [6.45, 7) is 3.13. The molecule has 7 nitrogen and oxygen atoms in total. The minimum absolute atomic E-state index is 0.00993. The van der Waals surface area contributed by atoms with Gasteiger partial charge >= 0.3 is 11.8 Å². The van der Waals surface area contributed by atoms with Crippen LogP contribution in [-0.2, 0) is 11.2 Å². The summed E-state index contributed by atoms with van der Waals surface area (Å²) in [6, 6.07) is 9.01. The quantitative estimate of drug-likeness (QED) is 0.588. The molecule has 3 atom stereocenters. The number of rotatable bonds is 4. The van der Waals surface area contributed by atoms with Crippen molar-refractivity contribution in [2.24, 2.45) is 5.92 Å². The maximum Gasteiger partial charge on any atom is 0.426 e. The highest BCUT2D eigenvalue weighted by Crippen LogP contribution is 2.49. The number of methoxy groups -OCH3 is 1. The van der Waals surface area contributed by atoms with E-state index in [1.807, 2.05) is 0 Å². The number of carbonyl (C=O) groups excluding carboxylic acids is 1. The number of benzene rings is 2. The van der Waals surface area contributed by atoms with Crippen molar-refractivity contribution in [3.05, 3.63) is 63.6 Å². The number of fused-ring (bicyclic) bond motifs is 2. The van der Waals surface area contributed by atoms with E-state index in [2.05, 4.69) is 15.0 Å². The molecule has 2 unspecified atom stereocenters. The molecule has 34 heavy (non-hydrogen) atoms. The van der Waals surface area contributed by atoms with E-state index in [4.69, 9.17) is 4.74 Å². The molecule has 4 rings (SSSR count). The highest BCUT2D eigenvalue weighted by molar-refractivity contribution is 6.00. The van der Waals surface area contributed by atoms with Gasteiger partial charge in [0.25, 0.3) is 5.91 Å². The van der Waals surface area contributed by atoms with Crippen molar-refractivity contribution in [2.45, 2.75) is 44.4 Å². The average Bonchev–Trinajstić information content (AvgIpc) is 2.80. The smallest absolute Gasteiger partial charge is 0.426 e. The summed E-state index contributed by atoms with van der Waals surface area (Å²) in [5, 5.41) is 17.3. The fourth-order valence-electron chi connectivity index (χ4n) is 4.76. The van der Waals surface area contributed by atoms with Crippen molar-refractivity contribution in [1.82, 2.24) is 5.16 Å². The van der Waals surface area contributed by atoms with Crippen LogP contribution in [0.15, 0.2) is 45.7 Å². The van der Waals surface area contributed by atoms with Crippen LogP contribution >= 0.6 is 0 Å². The number of nitrogens with zero attached hydrogens (tertiary/aromatic N) is 1. The molecule has 3 aromatic rings. The Bertz CT molecular complexity index is 1320. The first-order valence-corrected chi connectivity index (χ1v) is 10.6. The van der Waals surface area contributed by atoms with E-state index < -0.39 is 35.1 Å². The zero-order valence-corrected chi connectivity index (χ0v) is 18.7. The summed E-state index contributed by atoms with van der Waals surface area (Å²) in [6.07, 6.45) is -5.02. The van der Waals surface area contributed by atoms with Crippen molar-refractivity contribution < 1.29 is 32.3 Å². The summed E-state index contributed by atoms with van der Waals surface area (Å²) in [7, 11) is 1.50. The van der Waals surface area contributed by atoms with Crippen LogP contribution in [0.1, 0.15) is 36.1 Å². The lowest BCUT2D eigenvalue weighted by Gasteiger charge is -2.42. The molecule has 0 saturated carbocycles. The number of nitrogens with one attached hydrogen (secondary N) is 1. The van der Waals surface area contributed by atoms with Crippen LogP contribution in [0.5, 0.6) is 5.75 Å². The molecule has 0 fully saturated rings. The number of aryl methyl sites for hydroxylation is 2. The van der Waals surface area contributed by atoms with Crippen LogP contribution < -0.4 is 15.7 Å². The molecule has 1 heterocycles. The summed E-state index contributed by atoms with van der Waals surface area (Å²) < 4.78 is 52.7. The first-order chi connectivity index (χ1) is 16.0. The molecule has 1 amide bonds. The molecule has 10 heteroatoms. The molecule has 1 aromatic heterocycles. The molecular weight excluding hydrogens is 453 g/mol. The number of aromatic nitrogens is 1. The maximum atomic E-state index is 14.3. The van der Waals surface area contributed by atoms with E-state index in [1.54, 1.807) is 32.0 Å². The molecule has 0 saturated heterocycles. The number of carbonyl (C=O) groups is 1. The average molecular weight is 476 g/mol. The summed E-state index contributed by atoms with van der Waals surface area (Å²) in [5.74, 6) is -3.16.